The number of rotatable bonds is 0. The second-order valence-electron chi connectivity index (χ2n) is 0.991. The summed E-state index contributed by atoms with van der Waals surface area (Å²) in [5, 5.41) is 3.66. The molecule has 0 amide bonds. The normalized spacial score (nSPS) is 12.4. The zero-order valence-corrected chi connectivity index (χ0v) is 7.93. The fourth-order valence-corrected chi connectivity index (χ4v) is 0. The summed E-state index contributed by atoms with van der Waals surface area (Å²) in [5.41, 5.74) is -5.31. The molecule has 9 heavy (non-hydrogen) atoms. The van der Waals surface area contributed by atoms with Gasteiger partial charge in [0.25, 0.3) is 0 Å². The number of hydrogen-bond donors (Lipinski definition) is 1. The average molecular weight is 214 g/mol. The van der Waals surface area contributed by atoms with Crippen LogP contribution in [0.1, 0.15) is 0 Å². The van der Waals surface area contributed by atoms with Crippen molar-refractivity contribution in [2.45, 2.75) is 5.51 Å². The number of primary sulfonamides is 1. The number of alkyl halides is 3. The Balaban J connectivity index is 0. The Morgan fingerprint density at radius 3 is 1.33 bits per heavy atom. The van der Waals surface area contributed by atoms with Gasteiger partial charge in [-0.3, -0.25) is 0 Å². The van der Waals surface area contributed by atoms with Crippen LogP contribution in [0.4, 0.5) is 13.2 Å². The summed E-state index contributed by atoms with van der Waals surface area (Å²) in [6, 6.07) is 0. The van der Waals surface area contributed by atoms with Crippen LogP contribution in [-0.4, -0.2) is 13.9 Å². The second kappa shape index (κ2) is 2.94. The van der Waals surface area contributed by atoms with Crippen LogP contribution < -0.4 is 5.14 Å². The van der Waals surface area contributed by atoms with E-state index in [4.69, 9.17) is 0 Å². The van der Waals surface area contributed by atoms with Crippen molar-refractivity contribution in [3.8, 4) is 0 Å². The molecule has 8 heteroatoms. The third-order valence-corrected chi connectivity index (χ3v) is 0.968. The van der Waals surface area contributed by atoms with E-state index in [0.29, 0.717) is 0 Å². The average Bonchev–Trinajstić information content (AvgIpc) is 1.25. The Morgan fingerprint density at radius 2 is 1.33 bits per heavy atom. The maximum absolute atomic E-state index is 10.8. The Bertz CT molecular complexity index is 171. The summed E-state index contributed by atoms with van der Waals surface area (Å²) in [5.74, 6) is 0. The molecule has 3 nitrogen and oxygen atoms in total. The smallest absolute Gasteiger partial charge is 0.221 e. The molecule has 0 aromatic carbocycles. The molecule has 0 fully saturated rings. The summed E-state index contributed by atoms with van der Waals surface area (Å²) in [4.78, 5) is 0. The van der Waals surface area contributed by atoms with Crippen LogP contribution in [0.25, 0.3) is 0 Å². The molecule has 0 aliphatic rings. The van der Waals surface area contributed by atoms with Crippen molar-refractivity contribution >= 4 is 10.0 Å². The van der Waals surface area contributed by atoms with E-state index in [-0.39, 0.29) is 19.5 Å². The summed E-state index contributed by atoms with van der Waals surface area (Å²) >= 11 is 0. The molecule has 0 atom stereocenters. The van der Waals surface area contributed by atoms with E-state index < -0.39 is 15.5 Å². The fraction of sp³-hybridized carbons (Fsp3) is 1.00. The molecule has 0 aromatic heterocycles. The van der Waals surface area contributed by atoms with Gasteiger partial charge in [0.15, 0.2) is 0 Å². The van der Waals surface area contributed by atoms with Crippen LogP contribution in [0.3, 0.4) is 0 Å². The van der Waals surface area contributed by atoms with E-state index in [2.05, 4.69) is 5.14 Å². The molecular formula is CH2F3NO2SZn. The number of hydrogen-bond acceptors (Lipinski definition) is 2. The number of sulfonamides is 1. The second-order valence-corrected chi connectivity index (χ2v) is 2.54. The van der Waals surface area contributed by atoms with Gasteiger partial charge >= 0.3 is 15.5 Å². The Kier molecular flexibility index (Phi) is 3.93. The quantitative estimate of drug-likeness (QED) is 0.568. The molecule has 0 unspecified atom stereocenters. The fourth-order valence-electron chi connectivity index (χ4n) is 0. The van der Waals surface area contributed by atoms with E-state index in [1.165, 1.54) is 0 Å². The largest absolute Gasteiger partial charge is 0.511 e. The van der Waals surface area contributed by atoms with Gasteiger partial charge in [0.2, 0.25) is 0 Å². The maximum Gasteiger partial charge on any atom is 0.511 e. The summed E-state index contributed by atoms with van der Waals surface area (Å²) in [6.45, 7) is 0. The first kappa shape index (κ1) is 12.0. The van der Waals surface area contributed by atoms with Crippen molar-refractivity contribution in [3.63, 3.8) is 0 Å². The molecule has 0 bridgehead atoms. The summed E-state index contributed by atoms with van der Waals surface area (Å²) < 4.78 is 51.2. The van der Waals surface area contributed by atoms with E-state index in [1.807, 2.05) is 0 Å². The van der Waals surface area contributed by atoms with Crippen LogP contribution in [0, 0.1) is 0 Å². The van der Waals surface area contributed by atoms with Crippen molar-refractivity contribution < 1.29 is 41.1 Å². The van der Waals surface area contributed by atoms with Gasteiger partial charge in [0.1, 0.15) is 0 Å². The predicted octanol–water partition coefficient (Wildman–Crippen LogP) is -0.208. The van der Waals surface area contributed by atoms with Crippen molar-refractivity contribution in [2.24, 2.45) is 5.14 Å². The molecule has 52 valence electrons. The van der Waals surface area contributed by atoms with Crippen LogP contribution in [0.2, 0.25) is 0 Å². The number of nitrogens with two attached hydrogens (primary N) is 1. The third kappa shape index (κ3) is 3.83. The van der Waals surface area contributed by atoms with Gasteiger partial charge in [-0.1, -0.05) is 0 Å². The van der Waals surface area contributed by atoms with Gasteiger partial charge in [0, 0.05) is 19.5 Å². The van der Waals surface area contributed by atoms with Gasteiger partial charge < -0.3 is 0 Å². The van der Waals surface area contributed by atoms with Crippen LogP contribution in [-0.2, 0) is 29.5 Å². The summed E-state index contributed by atoms with van der Waals surface area (Å²) in [7, 11) is -5.34. The predicted molar refractivity (Wildman–Crippen MR) is 19.2 cm³/mol. The van der Waals surface area contributed by atoms with Gasteiger partial charge in [-0.25, -0.2) is 13.6 Å². The first-order valence-electron chi connectivity index (χ1n) is 1.34. The Morgan fingerprint density at radius 1 is 1.22 bits per heavy atom. The zero-order chi connectivity index (χ0) is 7.00. The van der Waals surface area contributed by atoms with Gasteiger partial charge in [-0.15, -0.1) is 0 Å². The summed E-state index contributed by atoms with van der Waals surface area (Å²) in [6.07, 6.45) is 0. The Hall–Kier alpha value is 0.323. The monoisotopic (exact) mass is 213 g/mol. The van der Waals surface area contributed by atoms with E-state index in [9.17, 15) is 21.6 Å². The van der Waals surface area contributed by atoms with Gasteiger partial charge in [-0.2, -0.15) is 13.2 Å². The molecule has 0 heterocycles. The third-order valence-electron chi connectivity index (χ3n) is 0.323. The molecule has 0 rings (SSSR count). The molecule has 0 aliphatic heterocycles. The van der Waals surface area contributed by atoms with E-state index in [0.717, 1.165) is 0 Å². The minimum atomic E-state index is -5.34. The van der Waals surface area contributed by atoms with Crippen LogP contribution in [0.15, 0.2) is 0 Å². The molecule has 2 N–H and O–H groups in total. The Labute approximate surface area is 62.2 Å². The molecule has 0 radical (unpaired) electrons. The van der Waals surface area contributed by atoms with Gasteiger partial charge in [0.05, 0.1) is 0 Å². The SMILES string of the molecule is NS(=O)(=O)C(F)(F)F.[Zn]. The standard InChI is InChI=1S/CH2F3NO2S.Zn/c2-1(3,4)8(5,6)7;/h(H2,5,6,7);. The minimum Gasteiger partial charge on any atom is -0.221 e. The van der Waals surface area contributed by atoms with Crippen LogP contribution >= 0.6 is 0 Å². The van der Waals surface area contributed by atoms with Crippen LogP contribution in [0.5, 0.6) is 0 Å². The maximum atomic E-state index is 10.8. The molecule has 0 aromatic rings. The minimum absolute atomic E-state index is 0. The van der Waals surface area contributed by atoms with Crippen molar-refractivity contribution in [2.75, 3.05) is 0 Å². The molecular weight excluding hydrogens is 212 g/mol. The van der Waals surface area contributed by atoms with Crippen molar-refractivity contribution in [3.05, 3.63) is 0 Å². The first-order chi connectivity index (χ1) is 3.25. The van der Waals surface area contributed by atoms with E-state index in [1.54, 1.807) is 0 Å². The van der Waals surface area contributed by atoms with Crippen molar-refractivity contribution in [1.82, 2.24) is 0 Å². The molecule has 0 spiro atoms. The molecule has 0 aliphatic carbocycles. The van der Waals surface area contributed by atoms with Gasteiger partial charge in [-0.05, 0) is 0 Å². The first-order valence-corrected chi connectivity index (χ1v) is 2.89. The van der Waals surface area contributed by atoms with E-state index >= 15 is 0 Å². The number of halogens is 3. The topological polar surface area (TPSA) is 60.2 Å². The molecule has 0 saturated heterocycles. The zero-order valence-electron chi connectivity index (χ0n) is 4.14. The van der Waals surface area contributed by atoms with Crippen molar-refractivity contribution in [1.29, 1.82) is 0 Å². The molecule has 0 saturated carbocycles.